The molecule has 0 fully saturated rings. The maximum Gasteiger partial charge on any atom is 0.124 e. The van der Waals surface area contributed by atoms with E-state index >= 15 is 0 Å². The van der Waals surface area contributed by atoms with E-state index in [1.165, 1.54) is 0 Å². The maximum absolute atomic E-state index is 9.83. The highest BCUT2D eigenvalue weighted by Gasteiger charge is 2.11. The van der Waals surface area contributed by atoms with Crippen LogP contribution < -0.4 is 0 Å². The van der Waals surface area contributed by atoms with E-state index in [9.17, 15) is 5.11 Å². The Morgan fingerprint density at radius 2 is 2.14 bits per heavy atom. The minimum Gasteiger partial charge on any atom is -0.507 e. The number of phenolic OH excluding ortho intramolecular Hbond substituents is 1. The van der Waals surface area contributed by atoms with Crippen LogP contribution in [0.3, 0.4) is 0 Å². The molecule has 0 aliphatic carbocycles. The number of aliphatic hydroxyl groups is 1. The average molecular weight is 196 g/mol. The van der Waals surface area contributed by atoms with E-state index in [4.69, 9.17) is 9.84 Å². The molecule has 0 aliphatic rings. The summed E-state index contributed by atoms with van der Waals surface area (Å²) in [6, 6.07) is 5.48. The molecule has 0 radical (unpaired) electrons. The number of benzene rings is 1. The summed E-state index contributed by atoms with van der Waals surface area (Å²) in [6.45, 7) is 2.29. The van der Waals surface area contributed by atoms with E-state index in [1.807, 2.05) is 25.1 Å². The van der Waals surface area contributed by atoms with Gasteiger partial charge in [0.2, 0.25) is 0 Å². The molecule has 0 saturated heterocycles. The minimum atomic E-state index is -0.0493. The van der Waals surface area contributed by atoms with Gasteiger partial charge < -0.3 is 14.9 Å². The highest BCUT2D eigenvalue weighted by atomic mass is 16.5. The molecule has 1 atom stereocenters. The number of phenols is 1. The summed E-state index contributed by atoms with van der Waals surface area (Å²) in [5.74, 6) is 0.183. The molecule has 1 unspecified atom stereocenters. The van der Waals surface area contributed by atoms with Crippen LogP contribution in [0.2, 0.25) is 0 Å². The molecule has 0 aromatic heterocycles. The van der Waals surface area contributed by atoms with E-state index in [0.717, 1.165) is 11.1 Å². The van der Waals surface area contributed by atoms with Crippen LogP contribution in [-0.2, 0) is 11.3 Å². The van der Waals surface area contributed by atoms with Gasteiger partial charge in [0.25, 0.3) is 0 Å². The topological polar surface area (TPSA) is 49.7 Å². The van der Waals surface area contributed by atoms with Crippen molar-refractivity contribution in [3.63, 3.8) is 0 Å². The number of methoxy groups -OCH3 is 1. The molecule has 3 heteroatoms. The van der Waals surface area contributed by atoms with Gasteiger partial charge in [0, 0.05) is 25.2 Å². The summed E-state index contributed by atoms with van der Waals surface area (Å²) in [5, 5.41) is 18.8. The minimum absolute atomic E-state index is 0.0317. The summed E-state index contributed by atoms with van der Waals surface area (Å²) in [7, 11) is 1.58. The van der Waals surface area contributed by atoms with Crippen LogP contribution in [0.1, 0.15) is 24.0 Å². The van der Waals surface area contributed by atoms with Crippen molar-refractivity contribution in [3.05, 3.63) is 29.3 Å². The SMILES string of the molecule is COCc1cccc(C(C)CO)c1O. The molecule has 0 aliphatic heterocycles. The largest absolute Gasteiger partial charge is 0.507 e. The van der Waals surface area contributed by atoms with Crippen LogP contribution in [0.25, 0.3) is 0 Å². The third kappa shape index (κ3) is 2.25. The highest BCUT2D eigenvalue weighted by molar-refractivity contribution is 5.41. The van der Waals surface area contributed by atoms with Crippen molar-refractivity contribution in [2.75, 3.05) is 13.7 Å². The number of para-hydroxylation sites is 1. The first-order chi connectivity index (χ1) is 6.70. The lowest BCUT2D eigenvalue weighted by molar-refractivity contribution is 0.181. The Labute approximate surface area is 84.0 Å². The maximum atomic E-state index is 9.83. The van der Waals surface area contributed by atoms with E-state index in [1.54, 1.807) is 7.11 Å². The first-order valence-electron chi connectivity index (χ1n) is 4.61. The summed E-state index contributed by atoms with van der Waals surface area (Å²) >= 11 is 0. The molecule has 0 spiro atoms. The molecule has 3 nitrogen and oxygen atoms in total. The summed E-state index contributed by atoms with van der Waals surface area (Å²) in [5.41, 5.74) is 1.52. The summed E-state index contributed by atoms with van der Waals surface area (Å²) in [6.07, 6.45) is 0. The number of rotatable bonds is 4. The van der Waals surface area contributed by atoms with Gasteiger partial charge in [-0.15, -0.1) is 0 Å². The van der Waals surface area contributed by atoms with Gasteiger partial charge in [-0.1, -0.05) is 25.1 Å². The zero-order valence-corrected chi connectivity index (χ0v) is 8.53. The molecule has 0 heterocycles. The van der Waals surface area contributed by atoms with Crippen molar-refractivity contribution in [3.8, 4) is 5.75 Å². The van der Waals surface area contributed by atoms with E-state index in [0.29, 0.717) is 6.61 Å². The number of hydrogen-bond donors (Lipinski definition) is 2. The second-order valence-corrected chi connectivity index (χ2v) is 3.37. The average Bonchev–Trinajstić information content (AvgIpc) is 2.20. The second kappa shape index (κ2) is 4.98. The van der Waals surface area contributed by atoms with Crippen molar-refractivity contribution in [2.45, 2.75) is 19.4 Å². The fraction of sp³-hybridized carbons (Fsp3) is 0.455. The van der Waals surface area contributed by atoms with Gasteiger partial charge in [-0.25, -0.2) is 0 Å². The smallest absolute Gasteiger partial charge is 0.124 e. The quantitative estimate of drug-likeness (QED) is 0.769. The van der Waals surface area contributed by atoms with Gasteiger partial charge in [-0.05, 0) is 5.56 Å². The molecule has 2 N–H and O–H groups in total. The van der Waals surface area contributed by atoms with Gasteiger partial charge in [-0.3, -0.25) is 0 Å². The number of hydrogen-bond acceptors (Lipinski definition) is 3. The molecule has 0 amide bonds. The Morgan fingerprint density at radius 3 is 2.71 bits per heavy atom. The lowest BCUT2D eigenvalue weighted by Gasteiger charge is -2.13. The van der Waals surface area contributed by atoms with Gasteiger partial charge >= 0.3 is 0 Å². The second-order valence-electron chi connectivity index (χ2n) is 3.37. The van der Waals surface area contributed by atoms with E-state index in [-0.39, 0.29) is 18.3 Å². The molecular weight excluding hydrogens is 180 g/mol. The highest BCUT2D eigenvalue weighted by Crippen LogP contribution is 2.29. The molecule has 1 aromatic rings. The Hall–Kier alpha value is -1.06. The van der Waals surface area contributed by atoms with Crippen molar-refractivity contribution >= 4 is 0 Å². The first kappa shape index (κ1) is 11.0. The predicted molar refractivity (Wildman–Crippen MR) is 54.3 cm³/mol. The fourth-order valence-electron chi connectivity index (χ4n) is 1.38. The zero-order valence-electron chi connectivity index (χ0n) is 8.53. The first-order valence-corrected chi connectivity index (χ1v) is 4.61. The lowest BCUT2D eigenvalue weighted by Crippen LogP contribution is -2.01. The van der Waals surface area contributed by atoms with Gasteiger partial charge in [-0.2, -0.15) is 0 Å². The number of aliphatic hydroxyl groups excluding tert-OH is 1. The summed E-state index contributed by atoms with van der Waals surface area (Å²) in [4.78, 5) is 0. The number of ether oxygens (including phenoxy) is 1. The van der Waals surface area contributed by atoms with Crippen molar-refractivity contribution < 1.29 is 14.9 Å². The zero-order chi connectivity index (χ0) is 10.6. The van der Waals surface area contributed by atoms with E-state index < -0.39 is 0 Å². The Morgan fingerprint density at radius 1 is 1.43 bits per heavy atom. The Balaban J connectivity index is 3.00. The fourth-order valence-corrected chi connectivity index (χ4v) is 1.38. The standard InChI is InChI=1S/C11H16O3/c1-8(6-12)10-5-3-4-9(7-14-2)11(10)13/h3-5,8,12-13H,6-7H2,1-2H3. The van der Waals surface area contributed by atoms with Crippen LogP contribution in [-0.4, -0.2) is 23.9 Å². The number of aromatic hydroxyl groups is 1. The van der Waals surface area contributed by atoms with Crippen molar-refractivity contribution in [1.29, 1.82) is 0 Å². The third-order valence-electron chi connectivity index (χ3n) is 2.26. The predicted octanol–water partition coefficient (Wildman–Crippen LogP) is 1.63. The molecular formula is C11H16O3. The van der Waals surface area contributed by atoms with Crippen molar-refractivity contribution in [1.82, 2.24) is 0 Å². The van der Waals surface area contributed by atoms with Crippen LogP contribution >= 0.6 is 0 Å². The van der Waals surface area contributed by atoms with Gasteiger partial charge in [0.15, 0.2) is 0 Å². The molecule has 78 valence electrons. The lowest BCUT2D eigenvalue weighted by atomic mass is 9.98. The van der Waals surface area contributed by atoms with Crippen LogP contribution in [0.15, 0.2) is 18.2 Å². The molecule has 1 rings (SSSR count). The van der Waals surface area contributed by atoms with Gasteiger partial charge in [0.1, 0.15) is 5.75 Å². The van der Waals surface area contributed by atoms with Crippen LogP contribution in [0, 0.1) is 0 Å². The Bertz CT molecular complexity index is 297. The molecule has 1 aromatic carbocycles. The third-order valence-corrected chi connectivity index (χ3v) is 2.26. The normalized spacial score (nSPS) is 12.8. The molecule has 0 saturated carbocycles. The molecule has 0 bridgehead atoms. The van der Waals surface area contributed by atoms with E-state index in [2.05, 4.69) is 0 Å². The van der Waals surface area contributed by atoms with Crippen molar-refractivity contribution in [2.24, 2.45) is 0 Å². The summed E-state index contributed by atoms with van der Waals surface area (Å²) < 4.78 is 4.95. The Kier molecular flexibility index (Phi) is 3.92. The monoisotopic (exact) mass is 196 g/mol. The van der Waals surface area contributed by atoms with Gasteiger partial charge in [0.05, 0.1) is 6.61 Å². The van der Waals surface area contributed by atoms with Crippen LogP contribution in [0.5, 0.6) is 5.75 Å². The van der Waals surface area contributed by atoms with Crippen LogP contribution in [0.4, 0.5) is 0 Å². The molecule has 14 heavy (non-hydrogen) atoms.